The van der Waals surface area contributed by atoms with Gasteiger partial charge in [0.05, 0.1) is 4.92 Å². The first-order valence-electron chi connectivity index (χ1n) is 7.09. The van der Waals surface area contributed by atoms with Crippen LogP contribution in [0, 0.1) is 17.0 Å². The van der Waals surface area contributed by atoms with Crippen LogP contribution < -0.4 is 5.32 Å². The SMILES string of the molecule is Cc1cc(NC(=O)CCN(C)Cc2ccccc2[N+](=O)[O-])no1. The van der Waals surface area contributed by atoms with Gasteiger partial charge in [-0.2, -0.15) is 0 Å². The topological polar surface area (TPSA) is 102 Å². The Balaban J connectivity index is 1.84. The van der Waals surface area contributed by atoms with Crippen molar-refractivity contribution in [1.29, 1.82) is 0 Å². The third-order valence-electron chi connectivity index (χ3n) is 3.24. The second-order valence-corrected chi connectivity index (χ2v) is 5.24. The summed E-state index contributed by atoms with van der Waals surface area (Å²) in [7, 11) is 1.81. The highest BCUT2D eigenvalue weighted by Gasteiger charge is 2.14. The molecule has 0 bridgehead atoms. The molecule has 1 heterocycles. The maximum atomic E-state index is 11.8. The zero-order valence-electron chi connectivity index (χ0n) is 13.0. The summed E-state index contributed by atoms with van der Waals surface area (Å²) in [6.07, 6.45) is 0.253. The van der Waals surface area contributed by atoms with Crippen molar-refractivity contribution >= 4 is 17.4 Å². The molecule has 1 aromatic carbocycles. The fourth-order valence-electron chi connectivity index (χ4n) is 2.12. The summed E-state index contributed by atoms with van der Waals surface area (Å²) < 4.78 is 4.87. The van der Waals surface area contributed by atoms with E-state index in [0.717, 1.165) is 0 Å². The number of rotatable bonds is 7. The van der Waals surface area contributed by atoms with Crippen LogP contribution in [-0.2, 0) is 11.3 Å². The predicted molar refractivity (Wildman–Crippen MR) is 83.9 cm³/mol. The van der Waals surface area contributed by atoms with Gasteiger partial charge in [0.25, 0.3) is 5.69 Å². The van der Waals surface area contributed by atoms with Gasteiger partial charge in [0, 0.05) is 37.2 Å². The monoisotopic (exact) mass is 318 g/mol. The molecule has 8 heteroatoms. The number of nitro benzene ring substituents is 1. The molecule has 0 radical (unpaired) electrons. The maximum absolute atomic E-state index is 11.8. The number of carbonyl (C=O) groups is 1. The van der Waals surface area contributed by atoms with Gasteiger partial charge in [-0.05, 0) is 14.0 Å². The number of carbonyl (C=O) groups excluding carboxylic acids is 1. The smallest absolute Gasteiger partial charge is 0.273 e. The van der Waals surface area contributed by atoms with Crippen LogP contribution in [0.15, 0.2) is 34.9 Å². The van der Waals surface area contributed by atoms with E-state index in [1.54, 1.807) is 31.2 Å². The molecule has 0 fully saturated rings. The Morgan fingerprint density at radius 3 is 2.83 bits per heavy atom. The maximum Gasteiger partial charge on any atom is 0.273 e. The average Bonchev–Trinajstić information content (AvgIpc) is 2.90. The molecule has 23 heavy (non-hydrogen) atoms. The van der Waals surface area contributed by atoms with E-state index in [4.69, 9.17) is 4.52 Å². The fraction of sp³-hybridized carbons (Fsp3) is 0.333. The average molecular weight is 318 g/mol. The summed E-state index contributed by atoms with van der Waals surface area (Å²) in [6.45, 7) is 2.60. The van der Waals surface area contributed by atoms with Gasteiger partial charge < -0.3 is 14.7 Å². The number of para-hydroxylation sites is 1. The van der Waals surface area contributed by atoms with Gasteiger partial charge in [0.1, 0.15) is 5.76 Å². The Labute approximate surface area is 133 Å². The minimum Gasteiger partial charge on any atom is -0.360 e. The summed E-state index contributed by atoms with van der Waals surface area (Å²) in [5.41, 5.74) is 0.703. The number of hydrogen-bond acceptors (Lipinski definition) is 6. The minimum absolute atomic E-state index is 0.0851. The molecular formula is C15H18N4O4. The molecule has 0 saturated carbocycles. The van der Waals surface area contributed by atoms with Gasteiger partial charge in [-0.1, -0.05) is 23.4 Å². The number of benzene rings is 1. The molecular weight excluding hydrogens is 300 g/mol. The van der Waals surface area contributed by atoms with Crippen molar-refractivity contribution in [1.82, 2.24) is 10.1 Å². The normalized spacial score (nSPS) is 10.7. The number of nitrogens with one attached hydrogen (secondary N) is 1. The highest BCUT2D eigenvalue weighted by atomic mass is 16.6. The van der Waals surface area contributed by atoms with E-state index in [9.17, 15) is 14.9 Å². The van der Waals surface area contributed by atoms with Gasteiger partial charge in [-0.15, -0.1) is 0 Å². The first-order valence-corrected chi connectivity index (χ1v) is 7.09. The Hall–Kier alpha value is -2.74. The molecule has 0 aliphatic carbocycles. The lowest BCUT2D eigenvalue weighted by Gasteiger charge is -2.16. The molecule has 2 aromatic rings. The lowest BCUT2D eigenvalue weighted by molar-refractivity contribution is -0.385. The summed E-state index contributed by atoms with van der Waals surface area (Å²) in [6, 6.07) is 8.22. The van der Waals surface area contributed by atoms with Crippen LogP contribution >= 0.6 is 0 Å². The van der Waals surface area contributed by atoms with Crippen molar-refractivity contribution in [2.45, 2.75) is 19.9 Å². The summed E-state index contributed by atoms with van der Waals surface area (Å²) in [5.74, 6) is 0.815. The second-order valence-electron chi connectivity index (χ2n) is 5.24. The van der Waals surface area contributed by atoms with Crippen LogP contribution in [0.5, 0.6) is 0 Å². The highest BCUT2D eigenvalue weighted by Crippen LogP contribution is 2.19. The minimum atomic E-state index is -0.400. The van der Waals surface area contributed by atoms with Gasteiger partial charge in [0.2, 0.25) is 5.91 Å². The van der Waals surface area contributed by atoms with Crippen molar-refractivity contribution in [3.63, 3.8) is 0 Å². The lowest BCUT2D eigenvalue weighted by atomic mass is 10.1. The van der Waals surface area contributed by atoms with E-state index in [1.807, 2.05) is 11.9 Å². The van der Waals surface area contributed by atoms with Crippen LogP contribution in [0.4, 0.5) is 11.5 Å². The second kappa shape index (κ2) is 7.50. The summed E-state index contributed by atoms with van der Waals surface area (Å²) >= 11 is 0. The molecule has 122 valence electrons. The van der Waals surface area contributed by atoms with Crippen LogP contribution in [0.2, 0.25) is 0 Å². The Kier molecular flexibility index (Phi) is 5.42. The third-order valence-corrected chi connectivity index (χ3v) is 3.24. The summed E-state index contributed by atoms with van der Waals surface area (Å²) in [5, 5.41) is 17.3. The number of nitro groups is 1. The molecule has 0 spiro atoms. The van der Waals surface area contributed by atoms with Crippen LogP contribution in [0.3, 0.4) is 0 Å². The van der Waals surface area contributed by atoms with Gasteiger partial charge >= 0.3 is 0 Å². The zero-order valence-corrected chi connectivity index (χ0v) is 13.0. The number of aryl methyl sites for hydroxylation is 1. The standard InChI is InChI=1S/C15H18N4O4/c1-11-9-14(17-23-11)16-15(20)7-8-18(2)10-12-5-3-4-6-13(12)19(21)22/h3-6,9H,7-8,10H2,1-2H3,(H,16,17,20). The third kappa shape index (κ3) is 4.89. The van der Waals surface area contributed by atoms with Crippen molar-refractivity contribution in [2.75, 3.05) is 18.9 Å². The van der Waals surface area contributed by atoms with Gasteiger partial charge in [-0.3, -0.25) is 14.9 Å². The van der Waals surface area contributed by atoms with E-state index in [1.165, 1.54) is 6.07 Å². The first-order chi connectivity index (χ1) is 11.0. The largest absolute Gasteiger partial charge is 0.360 e. The number of aromatic nitrogens is 1. The Morgan fingerprint density at radius 1 is 1.43 bits per heavy atom. The van der Waals surface area contributed by atoms with Crippen LogP contribution in [0.25, 0.3) is 0 Å². The van der Waals surface area contributed by atoms with E-state index < -0.39 is 4.92 Å². The van der Waals surface area contributed by atoms with Crippen molar-refractivity contribution < 1.29 is 14.2 Å². The molecule has 1 N–H and O–H groups in total. The summed E-state index contributed by atoms with van der Waals surface area (Å²) in [4.78, 5) is 24.3. The molecule has 0 aliphatic rings. The van der Waals surface area contributed by atoms with E-state index in [2.05, 4.69) is 10.5 Å². The number of hydrogen-bond donors (Lipinski definition) is 1. The van der Waals surface area contributed by atoms with Crippen molar-refractivity contribution in [2.24, 2.45) is 0 Å². The molecule has 8 nitrogen and oxygen atoms in total. The molecule has 0 atom stereocenters. The van der Waals surface area contributed by atoms with Gasteiger partial charge in [-0.25, -0.2) is 0 Å². The van der Waals surface area contributed by atoms with E-state index >= 15 is 0 Å². The highest BCUT2D eigenvalue weighted by molar-refractivity contribution is 5.89. The van der Waals surface area contributed by atoms with Crippen molar-refractivity contribution in [3.05, 3.63) is 51.8 Å². The van der Waals surface area contributed by atoms with Gasteiger partial charge in [0.15, 0.2) is 5.82 Å². The molecule has 1 aromatic heterocycles. The quantitative estimate of drug-likeness (QED) is 0.621. The molecule has 2 rings (SSSR count). The molecule has 0 unspecified atom stereocenters. The molecule has 1 amide bonds. The lowest BCUT2D eigenvalue weighted by Crippen LogP contribution is -2.24. The van der Waals surface area contributed by atoms with Crippen LogP contribution in [-0.4, -0.2) is 34.5 Å². The van der Waals surface area contributed by atoms with Crippen molar-refractivity contribution in [3.8, 4) is 0 Å². The first kappa shape index (κ1) is 16.6. The van der Waals surface area contributed by atoms with E-state index in [0.29, 0.717) is 30.2 Å². The number of nitrogens with zero attached hydrogens (tertiary/aromatic N) is 3. The van der Waals surface area contributed by atoms with Crippen LogP contribution in [0.1, 0.15) is 17.7 Å². The Morgan fingerprint density at radius 2 is 2.17 bits per heavy atom. The molecule has 0 aliphatic heterocycles. The number of anilines is 1. The van der Waals surface area contributed by atoms with E-state index in [-0.39, 0.29) is 18.0 Å². The number of amides is 1. The predicted octanol–water partition coefficient (Wildman–Crippen LogP) is 2.35. The zero-order chi connectivity index (χ0) is 16.8. The Bertz CT molecular complexity index is 698. The fourth-order valence-corrected chi connectivity index (χ4v) is 2.12. The molecule has 0 saturated heterocycles.